The topological polar surface area (TPSA) is 129 Å². The van der Waals surface area contributed by atoms with Gasteiger partial charge in [0.1, 0.15) is 12.3 Å². The number of hydrogen-bond acceptors (Lipinski definition) is 7. The van der Waals surface area contributed by atoms with Crippen molar-refractivity contribution in [2.24, 2.45) is 7.05 Å². The zero-order valence-electron chi connectivity index (χ0n) is 19.4. The molecular formula is C22H23F2N7O4S. The highest BCUT2D eigenvalue weighted by Crippen LogP contribution is 2.51. The van der Waals surface area contributed by atoms with E-state index in [4.69, 9.17) is 14.6 Å². The summed E-state index contributed by atoms with van der Waals surface area (Å²) in [5, 5.41) is 9.60. The Balaban J connectivity index is 1.55. The van der Waals surface area contributed by atoms with Gasteiger partial charge in [-0.3, -0.25) is 4.68 Å². The Kier molecular flexibility index (Phi) is 5.26. The van der Waals surface area contributed by atoms with Crippen LogP contribution >= 0.6 is 0 Å². The molecule has 0 aromatic carbocycles. The number of aromatic nitrogens is 6. The molecule has 1 aliphatic heterocycles. The summed E-state index contributed by atoms with van der Waals surface area (Å²) in [6, 6.07) is 3.14. The molecule has 0 bridgehead atoms. The van der Waals surface area contributed by atoms with Crippen LogP contribution in [-0.2, 0) is 23.6 Å². The number of nitrogens with one attached hydrogen (secondary N) is 2. The number of H-pyrrole nitrogens is 1. The highest BCUT2D eigenvalue weighted by molar-refractivity contribution is 7.88. The molecule has 6 rings (SSSR count). The molecule has 1 saturated carbocycles. The van der Waals surface area contributed by atoms with Crippen molar-refractivity contribution in [1.29, 1.82) is 0 Å². The lowest BCUT2D eigenvalue weighted by Gasteiger charge is -2.24. The van der Waals surface area contributed by atoms with E-state index in [0.717, 1.165) is 24.8 Å². The molecule has 2 aliphatic rings. The lowest BCUT2D eigenvalue weighted by molar-refractivity contribution is -0.0527. The fourth-order valence-corrected chi connectivity index (χ4v) is 5.48. The molecule has 0 radical (unpaired) electrons. The number of fused-ring (bicyclic) bond motifs is 2. The van der Waals surface area contributed by atoms with E-state index in [1.54, 1.807) is 30.2 Å². The predicted octanol–water partition coefficient (Wildman–Crippen LogP) is 2.62. The second-order valence-corrected chi connectivity index (χ2v) is 10.9. The van der Waals surface area contributed by atoms with E-state index in [-0.39, 0.29) is 18.4 Å². The van der Waals surface area contributed by atoms with Crippen molar-refractivity contribution in [3.8, 4) is 34.1 Å². The van der Waals surface area contributed by atoms with E-state index in [2.05, 4.69) is 19.8 Å². The average Bonchev–Trinajstić information content (AvgIpc) is 3.34. The normalized spacial score (nSPS) is 18.0. The van der Waals surface area contributed by atoms with E-state index in [0.29, 0.717) is 45.8 Å². The quantitative estimate of drug-likeness (QED) is 0.384. The molecule has 2 N–H and O–H groups in total. The maximum absolute atomic E-state index is 13.2. The summed E-state index contributed by atoms with van der Waals surface area (Å²) in [5.74, 6) is 0.489. The highest BCUT2D eigenvalue weighted by atomic mass is 32.2. The van der Waals surface area contributed by atoms with Gasteiger partial charge in [-0.25, -0.2) is 22.8 Å². The number of pyridine rings is 1. The highest BCUT2D eigenvalue weighted by Gasteiger charge is 2.38. The first-order valence-corrected chi connectivity index (χ1v) is 13.2. The second kappa shape index (κ2) is 8.27. The number of rotatable bonds is 7. The van der Waals surface area contributed by atoms with Crippen molar-refractivity contribution in [2.75, 3.05) is 12.9 Å². The molecule has 1 aliphatic carbocycles. The predicted molar refractivity (Wildman–Crippen MR) is 125 cm³/mol. The minimum Gasteiger partial charge on any atom is -0.476 e. The Bertz CT molecular complexity index is 1570. The third kappa shape index (κ3) is 4.09. The first-order chi connectivity index (χ1) is 17.2. The van der Waals surface area contributed by atoms with E-state index in [9.17, 15) is 17.2 Å². The van der Waals surface area contributed by atoms with E-state index >= 15 is 0 Å². The Labute approximate surface area is 204 Å². The Morgan fingerprint density at radius 3 is 2.81 bits per heavy atom. The first kappa shape index (κ1) is 22.9. The van der Waals surface area contributed by atoms with Crippen LogP contribution in [0.4, 0.5) is 8.78 Å². The second-order valence-electron chi connectivity index (χ2n) is 9.09. The molecular weight excluding hydrogens is 496 g/mol. The third-order valence-electron chi connectivity index (χ3n) is 6.18. The molecule has 190 valence electrons. The molecule has 11 nitrogen and oxygen atoms in total. The largest absolute Gasteiger partial charge is 0.476 e. The summed E-state index contributed by atoms with van der Waals surface area (Å²) in [4.78, 5) is 7.77. The molecule has 4 aromatic heterocycles. The minimum atomic E-state index is -3.43. The van der Waals surface area contributed by atoms with Gasteiger partial charge < -0.3 is 14.5 Å². The molecule has 1 fully saturated rings. The molecule has 14 heteroatoms. The van der Waals surface area contributed by atoms with Crippen molar-refractivity contribution in [2.45, 2.75) is 38.0 Å². The van der Waals surface area contributed by atoms with Gasteiger partial charge in [0.25, 0.3) is 0 Å². The maximum atomic E-state index is 13.2. The number of halogens is 2. The zero-order valence-corrected chi connectivity index (χ0v) is 20.2. The summed E-state index contributed by atoms with van der Waals surface area (Å²) in [7, 11) is -1.80. The number of alkyl halides is 2. The van der Waals surface area contributed by atoms with Crippen LogP contribution in [0.15, 0.2) is 24.5 Å². The molecule has 0 amide bonds. The lowest BCUT2D eigenvalue weighted by Crippen LogP contribution is -2.44. The van der Waals surface area contributed by atoms with Crippen LogP contribution < -0.4 is 14.2 Å². The van der Waals surface area contributed by atoms with Gasteiger partial charge in [0.05, 0.1) is 41.4 Å². The van der Waals surface area contributed by atoms with Gasteiger partial charge in [0, 0.05) is 36.3 Å². The van der Waals surface area contributed by atoms with Gasteiger partial charge in [-0.05, 0) is 25.0 Å². The molecule has 1 atom stereocenters. The van der Waals surface area contributed by atoms with Gasteiger partial charge in [0.15, 0.2) is 0 Å². The van der Waals surface area contributed by atoms with Gasteiger partial charge >= 0.3 is 6.61 Å². The van der Waals surface area contributed by atoms with Crippen LogP contribution in [0.25, 0.3) is 33.4 Å². The number of aromatic amines is 1. The van der Waals surface area contributed by atoms with Gasteiger partial charge in [0.2, 0.25) is 21.8 Å². The third-order valence-corrected chi connectivity index (χ3v) is 6.94. The van der Waals surface area contributed by atoms with Gasteiger partial charge in [-0.1, -0.05) is 0 Å². The zero-order chi connectivity index (χ0) is 25.2. The monoisotopic (exact) mass is 519 g/mol. The van der Waals surface area contributed by atoms with Crippen LogP contribution in [0.2, 0.25) is 0 Å². The molecule has 4 aromatic rings. The van der Waals surface area contributed by atoms with E-state index in [1.165, 1.54) is 4.68 Å². The van der Waals surface area contributed by atoms with Crippen molar-refractivity contribution < 1.29 is 26.7 Å². The SMILES string of the molecule is Cn1cc(-c2c(-c3c(C4CC4)nn4c3OC[C@@H](NS(C)(=O)=O)C4)[nH]c3ncccc23)c(OC(F)F)n1. The number of sulfonamides is 1. The standard InChI is InChI=1S/C22H23F2N7O4S/c1-30-9-14(20(28-30)35-22(23)24)15-13-4-3-7-25-19(13)26-18(15)16-17(11-5-6-11)27-31-8-12(10-34-21(16)31)29-36(2,32)33/h3-4,7,9,11-12,22,29H,5-6,8,10H2,1-2H3,(H,25,26)/t12-/m0/s1. The fourth-order valence-electron chi connectivity index (χ4n) is 4.73. The fraction of sp³-hybridized carbons (Fsp3) is 0.409. The first-order valence-electron chi connectivity index (χ1n) is 11.3. The summed E-state index contributed by atoms with van der Waals surface area (Å²) >= 11 is 0. The Morgan fingerprint density at radius 1 is 1.28 bits per heavy atom. The van der Waals surface area contributed by atoms with Crippen molar-refractivity contribution in [3.05, 3.63) is 30.2 Å². The number of aryl methyl sites for hydroxylation is 1. The van der Waals surface area contributed by atoms with Crippen molar-refractivity contribution in [1.82, 2.24) is 34.3 Å². The maximum Gasteiger partial charge on any atom is 0.388 e. The molecule has 0 saturated heterocycles. The molecule has 36 heavy (non-hydrogen) atoms. The van der Waals surface area contributed by atoms with Crippen LogP contribution in [0.1, 0.15) is 24.5 Å². The van der Waals surface area contributed by atoms with Crippen molar-refractivity contribution in [3.63, 3.8) is 0 Å². The summed E-state index contributed by atoms with van der Waals surface area (Å²) in [6.45, 7) is -2.63. The molecule has 0 spiro atoms. The van der Waals surface area contributed by atoms with Gasteiger partial charge in [-0.2, -0.15) is 13.9 Å². The van der Waals surface area contributed by atoms with Crippen LogP contribution in [0.5, 0.6) is 11.8 Å². The Morgan fingerprint density at radius 2 is 2.08 bits per heavy atom. The summed E-state index contributed by atoms with van der Waals surface area (Å²) < 4.78 is 66.4. The number of nitrogens with zero attached hydrogens (tertiary/aromatic N) is 5. The van der Waals surface area contributed by atoms with Crippen molar-refractivity contribution >= 4 is 21.1 Å². The van der Waals surface area contributed by atoms with Crippen LogP contribution in [0, 0.1) is 0 Å². The molecule has 0 unspecified atom stereocenters. The minimum absolute atomic E-state index is 0.121. The van der Waals surface area contributed by atoms with E-state index in [1.807, 2.05) is 6.07 Å². The van der Waals surface area contributed by atoms with Gasteiger partial charge in [-0.15, -0.1) is 5.10 Å². The Hall–Kier alpha value is -3.52. The summed E-state index contributed by atoms with van der Waals surface area (Å²) in [6.07, 6.45) is 6.27. The average molecular weight is 520 g/mol. The smallest absolute Gasteiger partial charge is 0.388 e. The lowest BCUT2D eigenvalue weighted by atomic mass is 9.99. The number of ether oxygens (including phenoxy) is 2. The van der Waals surface area contributed by atoms with Crippen LogP contribution in [0.3, 0.4) is 0 Å². The van der Waals surface area contributed by atoms with E-state index < -0.39 is 22.7 Å². The summed E-state index contributed by atoms with van der Waals surface area (Å²) in [5.41, 5.74) is 3.64. The van der Waals surface area contributed by atoms with Crippen LogP contribution in [-0.4, -0.2) is 63.5 Å². The molecule has 5 heterocycles. The number of hydrogen-bond donors (Lipinski definition) is 2.